The molecule has 266 valence electrons. The molecule has 4 aliphatic rings. The second kappa shape index (κ2) is 14.8. The van der Waals surface area contributed by atoms with Crippen LogP contribution in [0.15, 0.2) is 47.4 Å². The molecule has 4 saturated heterocycles. The summed E-state index contributed by atoms with van der Waals surface area (Å²) in [7, 11) is -0.738. The summed E-state index contributed by atoms with van der Waals surface area (Å²) in [6.45, 7) is 1.90. The molecule has 0 amide bonds. The summed E-state index contributed by atoms with van der Waals surface area (Å²) in [5.74, 6) is 6.14. The quantitative estimate of drug-likeness (QED) is 0.243. The van der Waals surface area contributed by atoms with Crippen LogP contribution >= 0.6 is 0 Å². The smallest absolute Gasteiger partial charge is 0.406 e. The number of sulfonamides is 1. The number of aromatic nitrogens is 1. The highest BCUT2D eigenvalue weighted by atomic mass is 32.2. The average Bonchev–Trinajstić information content (AvgIpc) is 3.40. The van der Waals surface area contributed by atoms with Crippen molar-refractivity contribution in [3.8, 4) is 17.6 Å². The maximum Gasteiger partial charge on any atom is 0.406 e. The third-order valence-corrected chi connectivity index (χ3v) is 11.0. The molecule has 49 heavy (non-hydrogen) atoms. The third-order valence-electron chi connectivity index (χ3n) is 9.18. The number of nitrogens with one attached hydrogen (secondary N) is 2. The lowest BCUT2D eigenvalue weighted by molar-refractivity contribution is -0.164. The van der Waals surface area contributed by atoms with Crippen LogP contribution in [0.4, 0.5) is 24.5 Å². The summed E-state index contributed by atoms with van der Waals surface area (Å²) in [5, 5.41) is 17.3. The Bertz CT molecular complexity index is 1780. The second-order valence-electron chi connectivity index (χ2n) is 12.8. The number of benzene rings is 2. The highest BCUT2D eigenvalue weighted by Gasteiger charge is 2.43. The number of piperidine rings is 2. The van der Waals surface area contributed by atoms with Gasteiger partial charge in [-0.25, -0.2) is 8.42 Å². The lowest BCUT2D eigenvalue weighted by atomic mass is 10.0. The second-order valence-corrected chi connectivity index (χ2v) is 14.7. The van der Waals surface area contributed by atoms with E-state index in [1.54, 1.807) is 31.4 Å². The van der Waals surface area contributed by atoms with Crippen molar-refractivity contribution >= 4 is 32.3 Å². The summed E-state index contributed by atoms with van der Waals surface area (Å²) in [5.41, 5.74) is 1.89. The molecular weight excluding hydrogens is 663 g/mol. The fourth-order valence-corrected chi connectivity index (χ4v) is 8.32. The van der Waals surface area contributed by atoms with Crippen molar-refractivity contribution in [1.29, 1.82) is 0 Å². The fraction of sp³-hybridized carbons (Fsp3) is 0.529. The molecule has 15 heteroatoms. The highest BCUT2D eigenvalue weighted by molar-refractivity contribution is 7.89. The van der Waals surface area contributed by atoms with Gasteiger partial charge in [0.1, 0.15) is 12.3 Å². The van der Waals surface area contributed by atoms with Crippen LogP contribution in [0.1, 0.15) is 25.0 Å². The van der Waals surface area contributed by atoms with Gasteiger partial charge in [0, 0.05) is 69.4 Å². The SMILES string of the molecule is COCC(O)CN1CCC(Nc2cccc3c2cc(C#CCNc2ccc(S(=O)(=O)N4CC5CC(C4)O5)cc2OC)n3CC(F)(F)F)CC1. The maximum atomic E-state index is 13.7. The van der Waals surface area contributed by atoms with E-state index in [9.17, 15) is 26.7 Å². The molecule has 3 aromatic rings. The number of aliphatic hydroxyl groups excluding tert-OH is 1. The van der Waals surface area contributed by atoms with Gasteiger partial charge in [0.25, 0.3) is 0 Å². The minimum absolute atomic E-state index is 0.0657. The van der Waals surface area contributed by atoms with E-state index in [1.165, 1.54) is 28.1 Å². The Hall–Kier alpha value is -3.52. The number of halogens is 3. The van der Waals surface area contributed by atoms with E-state index >= 15 is 0 Å². The minimum Gasteiger partial charge on any atom is -0.495 e. The first-order valence-corrected chi connectivity index (χ1v) is 17.8. The molecule has 0 spiro atoms. The molecule has 3 unspecified atom stereocenters. The number of anilines is 2. The Kier molecular flexibility index (Phi) is 10.6. The number of ether oxygens (including phenoxy) is 3. The number of alkyl halides is 3. The number of morpholine rings is 1. The van der Waals surface area contributed by atoms with E-state index in [1.807, 2.05) is 6.07 Å². The van der Waals surface area contributed by atoms with Crippen LogP contribution in [0.2, 0.25) is 0 Å². The van der Waals surface area contributed by atoms with Crippen LogP contribution in [-0.2, 0) is 26.0 Å². The summed E-state index contributed by atoms with van der Waals surface area (Å²) in [4.78, 5) is 2.29. The Morgan fingerprint density at radius 2 is 1.82 bits per heavy atom. The first-order chi connectivity index (χ1) is 23.4. The van der Waals surface area contributed by atoms with Crippen molar-refractivity contribution in [3.63, 3.8) is 0 Å². The van der Waals surface area contributed by atoms with Gasteiger partial charge in [-0.15, -0.1) is 0 Å². The summed E-state index contributed by atoms with van der Waals surface area (Å²) >= 11 is 0. The fourth-order valence-electron chi connectivity index (χ4n) is 6.80. The van der Waals surface area contributed by atoms with Crippen LogP contribution in [0.3, 0.4) is 0 Å². The number of nitrogens with zero attached hydrogens (tertiary/aromatic N) is 3. The molecule has 7 rings (SSSR count). The third kappa shape index (κ3) is 8.28. The van der Waals surface area contributed by atoms with Crippen LogP contribution in [0.25, 0.3) is 10.9 Å². The molecule has 11 nitrogen and oxygen atoms in total. The van der Waals surface area contributed by atoms with E-state index < -0.39 is 28.8 Å². The predicted molar refractivity (Wildman–Crippen MR) is 179 cm³/mol. The number of hydrogen-bond donors (Lipinski definition) is 3. The summed E-state index contributed by atoms with van der Waals surface area (Å²) in [6.07, 6.45) is -2.63. The molecule has 0 radical (unpaired) electrons. The van der Waals surface area contributed by atoms with Crippen LogP contribution < -0.4 is 15.4 Å². The topological polar surface area (TPSA) is 118 Å². The molecule has 4 aliphatic heterocycles. The molecular formula is C34H42F3N5O6S. The lowest BCUT2D eigenvalue weighted by Crippen LogP contribution is -2.58. The normalized spacial score (nSPS) is 21.1. The number of rotatable bonds is 12. The van der Waals surface area contributed by atoms with Crippen molar-refractivity contribution < 1.29 is 40.9 Å². The van der Waals surface area contributed by atoms with Gasteiger partial charge in [-0.1, -0.05) is 12.0 Å². The first-order valence-electron chi connectivity index (χ1n) is 16.3. The van der Waals surface area contributed by atoms with Gasteiger partial charge in [0.05, 0.1) is 60.4 Å². The van der Waals surface area contributed by atoms with E-state index in [4.69, 9.17) is 14.2 Å². The average molecular weight is 706 g/mol. The van der Waals surface area contributed by atoms with Crippen LogP contribution in [0.5, 0.6) is 5.75 Å². The number of aliphatic hydroxyl groups is 1. The van der Waals surface area contributed by atoms with Gasteiger partial charge in [0.2, 0.25) is 10.0 Å². The Morgan fingerprint density at radius 3 is 2.49 bits per heavy atom. The number of methoxy groups -OCH3 is 2. The van der Waals surface area contributed by atoms with Crippen LogP contribution in [0, 0.1) is 11.8 Å². The zero-order chi connectivity index (χ0) is 34.8. The van der Waals surface area contributed by atoms with E-state index in [0.29, 0.717) is 42.0 Å². The van der Waals surface area contributed by atoms with Gasteiger partial charge in [-0.3, -0.25) is 0 Å². The number of likely N-dealkylation sites (tertiary alicyclic amines) is 1. The zero-order valence-corrected chi connectivity index (χ0v) is 28.3. The number of fused-ring (bicyclic) bond motifs is 3. The molecule has 3 atom stereocenters. The molecule has 2 bridgehead atoms. The van der Waals surface area contributed by atoms with Gasteiger partial charge < -0.3 is 39.4 Å². The number of β-amino-alcohol motifs (C(OH)–C–C–N with tert-alkyl or cyclic N) is 1. The van der Waals surface area contributed by atoms with Crippen molar-refractivity contribution in [2.45, 2.75) is 61.2 Å². The molecule has 2 aromatic carbocycles. The lowest BCUT2D eigenvalue weighted by Gasteiger charge is -2.46. The molecule has 3 N–H and O–H groups in total. The maximum absolute atomic E-state index is 13.7. The monoisotopic (exact) mass is 705 g/mol. The van der Waals surface area contributed by atoms with E-state index in [-0.39, 0.29) is 42.0 Å². The van der Waals surface area contributed by atoms with E-state index in [2.05, 4.69) is 27.4 Å². The molecule has 0 aliphatic carbocycles. The van der Waals surface area contributed by atoms with E-state index in [0.717, 1.165) is 38.0 Å². The van der Waals surface area contributed by atoms with Crippen molar-refractivity contribution in [2.24, 2.45) is 0 Å². The minimum atomic E-state index is -4.46. The Labute approximate surface area is 284 Å². The van der Waals surface area contributed by atoms with Gasteiger partial charge >= 0.3 is 6.18 Å². The summed E-state index contributed by atoms with van der Waals surface area (Å²) in [6, 6.07) is 11.6. The van der Waals surface area contributed by atoms with Gasteiger partial charge in [0.15, 0.2) is 0 Å². The first kappa shape index (κ1) is 35.3. The van der Waals surface area contributed by atoms with Gasteiger partial charge in [-0.2, -0.15) is 17.5 Å². The molecule has 5 heterocycles. The molecule has 4 fully saturated rings. The van der Waals surface area contributed by atoms with Crippen molar-refractivity contribution in [2.75, 3.05) is 70.7 Å². The predicted octanol–water partition coefficient (Wildman–Crippen LogP) is 3.72. The standard InChI is InChI=1S/C34H42F3N5O6S/c1-46-21-25(43)18-40-13-10-23(11-14-40)39-30-6-3-7-32-29(30)15-24(42(32)22-34(35,36)37)5-4-12-38-31-9-8-28(17-33(31)47-2)49(44,45)41-19-26-16-27(20-41)48-26/h3,6-9,15,17,23,25-27,38-39,43H,10-14,16,18-22H2,1-2H3. The zero-order valence-electron chi connectivity index (χ0n) is 27.5. The van der Waals surface area contributed by atoms with Gasteiger partial charge in [-0.05, 0) is 49.1 Å². The largest absolute Gasteiger partial charge is 0.495 e. The summed E-state index contributed by atoms with van der Waals surface area (Å²) < 4.78 is 86.3. The van der Waals surface area contributed by atoms with Crippen LogP contribution in [-0.4, -0.2) is 118 Å². The number of hydrogen-bond acceptors (Lipinski definition) is 9. The highest BCUT2D eigenvalue weighted by Crippen LogP contribution is 2.35. The van der Waals surface area contributed by atoms with Crippen molar-refractivity contribution in [1.82, 2.24) is 13.8 Å². The van der Waals surface area contributed by atoms with Crippen molar-refractivity contribution in [3.05, 3.63) is 48.2 Å². The Balaban J connectivity index is 1.15. The molecule has 0 saturated carbocycles. The Morgan fingerprint density at radius 1 is 1.08 bits per heavy atom. The molecule has 1 aromatic heterocycles.